The van der Waals surface area contributed by atoms with E-state index in [1.54, 1.807) is 6.20 Å². The third kappa shape index (κ3) is 3.05. The molecule has 1 saturated heterocycles. The van der Waals surface area contributed by atoms with Crippen molar-refractivity contribution in [1.29, 1.82) is 0 Å². The molecule has 0 aromatic carbocycles. The Hall–Kier alpha value is -0.760. The summed E-state index contributed by atoms with van der Waals surface area (Å²) >= 11 is 6.03. The lowest BCUT2D eigenvalue weighted by Gasteiger charge is -2.33. The Bertz CT molecular complexity index is 549. The fourth-order valence-corrected chi connectivity index (χ4v) is 3.66. The maximum atomic E-state index is 12.1. The van der Waals surface area contributed by atoms with Crippen molar-refractivity contribution in [2.75, 3.05) is 27.2 Å². The van der Waals surface area contributed by atoms with Gasteiger partial charge in [-0.1, -0.05) is 11.6 Å². The number of hydrogen-bond donors (Lipinski definition) is 0. The Morgan fingerprint density at radius 1 is 1.37 bits per heavy atom. The van der Waals surface area contributed by atoms with Gasteiger partial charge in [0.2, 0.25) is 0 Å². The number of hydrogen-bond acceptors (Lipinski definition) is 4. The van der Waals surface area contributed by atoms with E-state index in [1.165, 1.54) is 28.9 Å². The van der Waals surface area contributed by atoms with Gasteiger partial charge in [-0.15, -0.1) is 0 Å². The van der Waals surface area contributed by atoms with E-state index in [0.717, 1.165) is 12.8 Å². The van der Waals surface area contributed by atoms with Crippen LogP contribution in [-0.4, -0.2) is 54.2 Å². The topological polar surface area (TPSA) is 66.4 Å². The first-order valence-electron chi connectivity index (χ1n) is 6.07. The summed E-state index contributed by atoms with van der Waals surface area (Å²) in [6.45, 7) is 0.938. The first-order chi connectivity index (χ1) is 8.93. The van der Waals surface area contributed by atoms with Gasteiger partial charge in [0.05, 0.1) is 5.69 Å². The Morgan fingerprint density at radius 2 is 2.05 bits per heavy atom. The van der Waals surface area contributed by atoms with Crippen LogP contribution < -0.4 is 0 Å². The highest BCUT2D eigenvalue weighted by Gasteiger charge is 2.32. The lowest BCUT2D eigenvalue weighted by Crippen LogP contribution is -2.45. The third-order valence-corrected chi connectivity index (χ3v) is 5.44. The fraction of sp³-hybridized carbons (Fsp3) is 0.636. The van der Waals surface area contributed by atoms with Gasteiger partial charge in [0.1, 0.15) is 0 Å². The van der Waals surface area contributed by atoms with Crippen molar-refractivity contribution in [2.45, 2.75) is 18.8 Å². The second kappa shape index (κ2) is 5.70. The number of nitrogens with zero attached hydrogens (tertiary/aromatic N) is 4. The molecule has 1 fully saturated rings. The molecule has 0 unspecified atom stereocenters. The molecule has 0 N–H and O–H groups in total. The van der Waals surface area contributed by atoms with E-state index >= 15 is 0 Å². The number of rotatable bonds is 3. The molecule has 1 aromatic heterocycles. The van der Waals surface area contributed by atoms with Crippen LogP contribution in [0.1, 0.15) is 24.5 Å². The standard InChI is InChI=1S/C11H17ClN4O2S/c1-15(2)19(17,18)16-7-3-4-9(8-16)10-11(12)14-6-5-13-10/h5-6,9H,3-4,7-8H2,1-2H3/t9-/m0/s1. The molecule has 0 aliphatic carbocycles. The van der Waals surface area contributed by atoms with Gasteiger partial charge in [-0.2, -0.15) is 17.0 Å². The Kier molecular flexibility index (Phi) is 4.39. The molecule has 2 heterocycles. The minimum absolute atomic E-state index is 0.00433. The summed E-state index contributed by atoms with van der Waals surface area (Å²) in [5.74, 6) is 0.00433. The molecule has 1 aliphatic rings. The molecular formula is C11H17ClN4O2S. The van der Waals surface area contributed by atoms with Gasteiger partial charge >= 0.3 is 0 Å². The predicted octanol–water partition coefficient (Wildman–Crippen LogP) is 1.12. The Balaban J connectivity index is 2.21. The zero-order valence-electron chi connectivity index (χ0n) is 11.0. The second-order valence-electron chi connectivity index (χ2n) is 4.72. The monoisotopic (exact) mass is 304 g/mol. The largest absolute Gasteiger partial charge is 0.281 e. The SMILES string of the molecule is CN(C)S(=O)(=O)N1CCC[C@H](c2nccnc2Cl)C1. The molecule has 19 heavy (non-hydrogen) atoms. The predicted molar refractivity (Wildman–Crippen MR) is 73.2 cm³/mol. The third-order valence-electron chi connectivity index (χ3n) is 3.24. The fourth-order valence-electron chi connectivity index (χ4n) is 2.21. The Labute approximate surface area is 118 Å². The molecular weight excluding hydrogens is 288 g/mol. The molecule has 106 valence electrons. The highest BCUT2D eigenvalue weighted by atomic mass is 35.5. The molecule has 1 aliphatic heterocycles. The van der Waals surface area contributed by atoms with Gasteiger partial charge in [-0.3, -0.25) is 4.98 Å². The summed E-state index contributed by atoms with van der Waals surface area (Å²) < 4.78 is 27.0. The van der Waals surface area contributed by atoms with Crippen molar-refractivity contribution in [3.8, 4) is 0 Å². The van der Waals surface area contributed by atoms with Crippen molar-refractivity contribution >= 4 is 21.8 Å². The molecule has 0 saturated carbocycles. The minimum atomic E-state index is -3.38. The lowest BCUT2D eigenvalue weighted by atomic mass is 9.96. The van der Waals surface area contributed by atoms with Crippen molar-refractivity contribution < 1.29 is 8.42 Å². The highest BCUT2D eigenvalue weighted by molar-refractivity contribution is 7.86. The van der Waals surface area contributed by atoms with Crippen LogP contribution in [0.3, 0.4) is 0 Å². The molecule has 0 amide bonds. The van der Waals surface area contributed by atoms with Crippen LogP contribution in [0, 0.1) is 0 Å². The summed E-state index contributed by atoms with van der Waals surface area (Å²) in [4.78, 5) is 8.23. The zero-order chi connectivity index (χ0) is 14.0. The van der Waals surface area contributed by atoms with Gasteiger partial charge in [-0.05, 0) is 12.8 Å². The van der Waals surface area contributed by atoms with Crippen LogP contribution >= 0.6 is 11.6 Å². The van der Waals surface area contributed by atoms with Gasteiger partial charge < -0.3 is 0 Å². The molecule has 1 atom stereocenters. The van der Waals surface area contributed by atoms with Gasteiger partial charge in [0, 0.05) is 45.5 Å². The summed E-state index contributed by atoms with van der Waals surface area (Å²) in [5.41, 5.74) is 0.683. The first kappa shape index (κ1) is 14.6. The maximum absolute atomic E-state index is 12.1. The van der Waals surface area contributed by atoms with E-state index < -0.39 is 10.2 Å². The van der Waals surface area contributed by atoms with E-state index in [2.05, 4.69) is 9.97 Å². The molecule has 2 rings (SSSR count). The minimum Gasteiger partial charge on any atom is -0.256 e. The van der Waals surface area contributed by atoms with E-state index in [1.807, 2.05) is 0 Å². The van der Waals surface area contributed by atoms with Crippen LogP contribution in [0.2, 0.25) is 5.15 Å². The maximum Gasteiger partial charge on any atom is 0.281 e. The number of piperidine rings is 1. The first-order valence-corrected chi connectivity index (χ1v) is 7.84. The molecule has 1 aromatic rings. The summed E-state index contributed by atoms with van der Waals surface area (Å²) in [6.07, 6.45) is 4.78. The van der Waals surface area contributed by atoms with Crippen LogP contribution in [0.15, 0.2) is 12.4 Å². The van der Waals surface area contributed by atoms with E-state index in [0.29, 0.717) is 23.9 Å². The lowest BCUT2D eigenvalue weighted by molar-refractivity contribution is 0.296. The van der Waals surface area contributed by atoms with E-state index in [9.17, 15) is 8.42 Å². The van der Waals surface area contributed by atoms with Crippen molar-refractivity contribution in [1.82, 2.24) is 18.6 Å². The van der Waals surface area contributed by atoms with E-state index in [-0.39, 0.29) is 5.92 Å². The van der Waals surface area contributed by atoms with Crippen LogP contribution in [0.25, 0.3) is 0 Å². The van der Waals surface area contributed by atoms with Gasteiger partial charge in [-0.25, -0.2) is 4.98 Å². The van der Waals surface area contributed by atoms with Crippen molar-refractivity contribution in [2.24, 2.45) is 0 Å². The second-order valence-corrected chi connectivity index (χ2v) is 7.22. The molecule has 8 heteroatoms. The smallest absolute Gasteiger partial charge is 0.256 e. The number of halogens is 1. The molecule has 0 spiro atoms. The van der Waals surface area contributed by atoms with Crippen molar-refractivity contribution in [3.63, 3.8) is 0 Å². The molecule has 6 nitrogen and oxygen atoms in total. The highest BCUT2D eigenvalue weighted by Crippen LogP contribution is 2.30. The Morgan fingerprint density at radius 3 is 2.68 bits per heavy atom. The van der Waals surface area contributed by atoms with Crippen LogP contribution in [-0.2, 0) is 10.2 Å². The quantitative estimate of drug-likeness (QED) is 0.839. The van der Waals surface area contributed by atoms with E-state index in [4.69, 9.17) is 11.6 Å². The summed E-state index contributed by atoms with van der Waals surface area (Å²) in [5, 5.41) is 0.358. The average Bonchev–Trinajstić information content (AvgIpc) is 2.39. The van der Waals surface area contributed by atoms with Gasteiger partial charge in [0.25, 0.3) is 10.2 Å². The molecule has 0 bridgehead atoms. The normalized spacial score (nSPS) is 21.8. The van der Waals surface area contributed by atoms with Crippen molar-refractivity contribution in [3.05, 3.63) is 23.2 Å². The average molecular weight is 305 g/mol. The zero-order valence-corrected chi connectivity index (χ0v) is 12.5. The molecule has 0 radical (unpaired) electrons. The summed E-state index contributed by atoms with van der Waals surface area (Å²) in [7, 11) is -0.306. The summed E-state index contributed by atoms with van der Waals surface area (Å²) in [6, 6.07) is 0. The van der Waals surface area contributed by atoms with Gasteiger partial charge in [0.15, 0.2) is 5.15 Å². The number of aromatic nitrogens is 2. The van der Waals surface area contributed by atoms with Crippen LogP contribution in [0.4, 0.5) is 0 Å². The van der Waals surface area contributed by atoms with Crippen LogP contribution in [0.5, 0.6) is 0 Å².